The predicted octanol–water partition coefficient (Wildman–Crippen LogP) is 2.38. The van der Waals surface area contributed by atoms with E-state index in [-0.39, 0.29) is 12.4 Å². The molecule has 0 heterocycles. The van der Waals surface area contributed by atoms with Gasteiger partial charge in [0.05, 0.1) is 24.6 Å². The summed E-state index contributed by atoms with van der Waals surface area (Å²) in [5, 5.41) is 0. The molecular weight excluding hydrogens is 288 g/mol. The quantitative estimate of drug-likeness (QED) is 0.619. The lowest BCUT2D eigenvalue weighted by Gasteiger charge is -2.09. The molecule has 5 heteroatoms. The van der Waals surface area contributed by atoms with E-state index in [1.165, 1.54) is 7.11 Å². The number of aldehydes is 1. The molecule has 1 rings (SSSR count). The van der Waals surface area contributed by atoms with E-state index in [1.807, 2.05) is 0 Å². The first-order chi connectivity index (χ1) is 8.12. The number of carbonyl (C=O) groups excluding carboxylic acids is 2. The number of esters is 1. The summed E-state index contributed by atoms with van der Waals surface area (Å²) in [6.45, 7) is 2.08. The lowest BCUT2D eigenvalue weighted by molar-refractivity contribution is -0.142. The summed E-state index contributed by atoms with van der Waals surface area (Å²) in [5.41, 5.74) is 1.13. The molecule has 92 valence electrons. The van der Waals surface area contributed by atoms with E-state index < -0.39 is 0 Å². The van der Waals surface area contributed by atoms with Crippen molar-refractivity contribution in [3.63, 3.8) is 0 Å². The zero-order valence-electron chi connectivity index (χ0n) is 9.66. The fraction of sp³-hybridized carbons (Fsp3) is 0.333. The van der Waals surface area contributed by atoms with Gasteiger partial charge < -0.3 is 9.47 Å². The maximum absolute atomic E-state index is 11.4. The lowest BCUT2D eigenvalue weighted by atomic mass is 10.1. The molecule has 1 aromatic rings. The first-order valence-electron chi connectivity index (χ1n) is 5.09. The van der Waals surface area contributed by atoms with Crippen LogP contribution in [0.3, 0.4) is 0 Å². The molecule has 0 saturated carbocycles. The molecule has 0 aliphatic heterocycles. The fourth-order valence-corrected chi connectivity index (χ4v) is 1.92. The van der Waals surface area contributed by atoms with Gasteiger partial charge in [-0.3, -0.25) is 9.59 Å². The number of benzene rings is 1. The van der Waals surface area contributed by atoms with Gasteiger partial charge in [0.1, 0.15) is 12.0 Å². The van der Waals surface area contributed by atoms with Gasteiger partial charge in [-0.1, -0.05) is 0 Å². The molecule has 1 aromatic carbocycles. The van der Waals surface area contributed by atoms with Gasteiger partial charge in [0, 0.05) is 5.56 Å². The number of ether oxygens (including phenoxy) is 2. The number of halogens is 1. The second kappa shape index (κ2) is 6.39. The van der Waals surface area contributed by atoms with Gasteiger partial charge in [0.25, 0.3) is 0 Å². The highest BCUT2D eigenvalue weighted by Gasteiger charge is 2.13. The normalized spacial score (nSPS) is 9.82. The molecule has 0 radical (unpaired) electrons. The van der Waals surface area contributed by atoms with E-state index in [0.29, 0.717) is 34.2 Å². The van der Waals surface area contributed by atoms with Gasteiger partial charge in [0.2, 0.25) is 0 Å². The first-order valence-corrected chi connectivity index (χ1v) is 5.88. The summed E-state index contributed by atoms with van der Waals surface area (Å²) in [6, 6.07) is 3.24. The maximum Gasteiger partial charge on any atom is 0.310 e. The monoisotopic (exact) mass is 300 g/mol. The van der Waals surface area contributed by atoms with Crippen molar-refractivity contribution < 1.29 is 19.1 Å². The summed E-state index contributed by atoms with van der Waals surface area (Å²) >= 11 is 3.34. The van der Waals surface area contributed by atoms with E-state index in [2.05, 4.69) is 15.9 Å². The average Bonchev–Trinajstić information content (AvgIpc) is 2.32. The molecular formula is C12H13BrO4. The Bertz CT molecular complexity index is 429. The topological polar surface area (TPSA) is 52.6 Å². The Kier molecular flexibility index (Phi) is 5.15. The minimum absolute atomic E-state index is 0.104. The molecule has 0 aliphatic carbocycles. The SMILES string of the molecule is CCOC(=O)Cc1cc(C=O)cc(OC)c1Br. The van der Waals surface area contributed by atoms with Crippen molar-refractivity contribution in [2.75, 3.05) is 13.7 Å². The average molecular weight is 301 g/mol. The van der Waals surface area contributed by atoms with Crippen molar-refractivity contribution in [2.24, 2.45) is 0 Å². The second-order valence-electron chi connectivity index (χ2n) is 3.30. The Hall–Kier alpha value is -1.36. The van der Waals surface area contributed by atoms with E-state index in [0.717, 1.165) is 0 Å². The highest BCUT2D eigenvalue weighted by Crippen LogP contribution is 2.30. The number of hydrogen-bond donors (Lipinski definition) is 0. The van der Waals surface area contributed by atoms with Gasteiger partial charge in [-0.15, -0.1) is 0 Å². The van der Waals surface area contributed by atoms with Crippen LogP contribution in [-0.4, -0.2) is 26.0 Å². The summed E-state index contributed by atoms with van der Waals surface area (Å²) in [4.78, 5) is 22.2. The molecule has 0 aromatic heterocycles. The van der Waals surface area contributed by atoms with Crippen molar-refractivity contribution in [3.8, 4) is 5.75 Å². The van der Waals surface area contributed by atoms with E-state index >= 15 is 0 Å². The number of rotatable bonds is 5. The van der Waals surface area contributed by atoms with Crippen LogP contribution in [0.1, 0.15) is 22.8 Å². The van der Waals surface area contributed by atoms with Crippen molar-refractivity contribution in [1.29, 1.82) is 0 Å². The standard InChI is InChI=1S/C12H13BrO4/c1-3-17-11(15)6-9-4-8(7-14)5-10(16-2)12(9)13/h4-5,7H,3,6H2,1-2H3. The van der Waals surface area contributed by atoms with Crippen LogP contribution in [0.25, 0.3) is 0 Å². The summed E-state index contributed by atoms with van der Waals surface area (Å²) in [6.07, 6.45) is 0.816. The fourth-order valence-electron chi connectivity index (χ4n) is 1.39. The zero-order valence-corrected chi connectivity index (χ0v) is 11.2. The van der Waals surface area contributed by atoms with Crippen molar-refractivity contribution >= 4 is 28.2 Å². The Morgan fingerprint density at radius 3 is 2.71 bits per heavy atom. The molecule has 0 atom stereocenters. The smallest absolute Gasteiger partial charge is 0.310 e. The van der Waals surface area contributed by atoms with Crippen LogP contribution in [0, 0.1) is 0 Å². The molecule has 0 fully saturated rings. The third-order valence-corrected chi connectivity index (χ3v) is 3.03. The second-order valence-corrected chi connectivity index (χ2v) is 4.09. The van der Waals surface area contributed by atoms with Gasteiger partial charge in [-0.2, -0.15) is 0 Å². The van der Waals surface area contributed by atoms with E-state index in [9.17, 15) is 9.59 Å². The molecule has 0 aliphatic rings. The Morgan fingerprint density at radius 1 is 1.47 bits per heavy atom. The molecule has 17 heavy (non-hydrogen) atoms. The minimum atomic E-state index is -0.335. The van der Waals surface area contributed by atoms with Crippen molar-refractivity contribution in [1.82, 2.24) is 0 Å². The molecule has 0 bridgehead atoms. The summed E-state index contributed by atoms with van der Waals surface area (Å²) in [7, 11) is 1.50. The number of methoxy groups -OCH3 is 1. The Morgan fingerprint density at radius 2 is 2.18 bits per heavy atom. The van der Waals surface area contributed by atoms with E-state index in [4.69, 9.17) is 9.47 Å². The molecule has 0 amide bonds. The number of carbonyl (C=O) groups is 2. The van der Waals surface area contributed by atoms with Crippen molar-refractivity contribution in [3.05, 3.63) is 27.7 Å². The zero-order chi connectivity index (χ0) is 12.8. The van der Waals surface area contributed by atoms with E-state index in [1.54, 1.807) is 19.1 Å². The lowest BCUT2D eigenvalue weighted by Crippen LogP contribution is -2.08. The third kappa shape index (κ3) is 3.56. The van der Waals surface area contributed by atoms with Gasteiger partial charge in [-0.05, 0) is 40.5 Å². The highest BCUT2D eigenvalue weighted by atomic mass is 79.9. The van der Waals surface area contributed by atoms with Gasteiger partial charge >= 0.3 is 5.97 Å². The van der Waals surface area contributed by atoms with Crippen LogP contribution in [0.15, 0.2) is 16.6 Å². The molecule has 0 spiro atoms. The molecule has 4 nitrogen and oxygen atoms in total. The molecule has 0 saturated heterocycles. The largest absolute Gasteiger partial charge is 0.496 e. The van der Waals surface area contributed by atoms with Crippen LogP contribution >= 0.6 is 15.9 Å². The van der Waals surface area contributed by atoms with Crippen LogP contribution in [0.4, 0.5) is 0 Å². The Labute approximate surface area is 108 Å². The van der Waals surface area contributed by atoms with Gasteiger partial charge in [-0.25, -0.2) is 0 Å². The van der Waals surface area contributed by atoms with Gasteiger partial charge in [0.15, 0.2) is 0 Å². The van der Waals surface area contributed by atoms with Crippen LogP contribution < -0.4 is 4.74 Å². The molecule has 0 unspecified atom stereocenters. The van der Waals surface area contributed by atoms with Crippen molar-refractivity contribution in [2.45, 2.75) is 13.3 Å². The summed E-state index contributed by atoms with van der Waals surface area (Å²) in [5.74, 6) is 0.187. The van der Waals surface area contributed by atoms with Crippen LogP contribution in [0.2, 0.25) is 0 Å². The highest BCUT2D eigenvalue weighted by molar-refractivity contribution is 9.10. The Balaban J connectivity index is 3.04. The minimum Gasteiger partial charge on any atom is -0.496 e. The van der Waals surface area contributed by atoms with Crippen LogP contribution in [0.5, 0.6) is 5.75 Å². The maximum atomic E-state index is 11.4. The first kappa shape index (κ1) is 13.7. The predicted molar refractivity (Wildman–Crippen MR) is 66.4 cm³/mol. The number of hydrogen-bond acceptors (Lipinski definition) is 4. The third-order valence-electron chi connectivity index (χ3n) is 2.13. The summed E-state index contributed by atoms with van der Waals surface area (Å²) < 4.78 is 10.6. The van der Waals surface area contributed by atoms with Crippen LogP contribution in [-0.2, 0) is 16.0 Å². The molecule has 0 N–H and O–H groups in total.